The van der Waals surface area contributed by atoms with Crippen LogP contribution in [-0.4, -0.2) is 37.4 Å². The number of phenols is 1. The van der Waals surface area contributed by atoms with Gasteiger partial charge in [-0.15, -0.1) is 0 Å². The molecular formula is C27H22N2O6. The molecule has 0 unspecified atom stereocenters. The predicted molar refractivity (Wildman–Crippen MR) is 132 cm³/mol. The Hall–Kier alpha value is -4.85. The van der Waals surface area contributed by atoms with Crippen LogP contribution in [0, 0.1) is 0 Å². The quantitative estimate of drug-likeness (QED) is 0.178. The monoisotopic (exact) mass is 470 g/mol. The second-order valence-electron chi connectivity index (χ2n) is 7.37. The van der Waals surface area contributed by atoms with Crippen molar-refractivity contribution in [3.05, 3.63) is 95.6 Å². The lowest BCUT2D eigenvalue weighted by molar-refractivity contribution is 0.0734. The van der Waals surface area contributed by atoms with Crippen molar-refractivity contribution in [2.45, 2.75) is 0 Å². The summed E-state index contributed by atoms with van der Waals surface area (Å²) in [6.07, 6.45) is 1.40. The number of amides is 1. The Morgan fingerprint density at radius 3 is 2.34 bits per heavy atom. The molecule has 0 bridgehead atoms. The average molecular weight is 470 g/mol. The number of carbonyl (C=O) groups excluding carboxylic acids is 2. The Balaban J connectivity index is 1.64. The van der Waals surface area contributed by atoms with Crippen molar-refractivity contribution in [2.24, 2.45) is 5.10 Å². The van der Waals surface area contributed by atoms with Gasteiger partial charge in [0.2, 0.25) is 0 Å². The molecule has 4 aromatic carbocycles. The van der Waals surface area contributed by atoms with Crippen LogP contribution in [0.1, 0.15) is 26.3 Å². The number of aromatic hydroxyl groups is 1. The molecule has 176 valence electrons. The maximum absolute atomic E-state index is 12.9. The molecule has 0 atom stereocenters. The lowest BCUT2D eigenvalue weighted by Gasteiger charge is -2.12. The fourth-order valence-corrected chi connectivity index (χ4v) is 3.50. The van der Waals surface area contributed by atoms with E-state index in [9.17, 15) is 14.7 Å². The number of hydrogen-bond donors (Lipinski definition) is 2. The van der Waals surface area contributed by atoms with Crippen molar-refractivity contribution in [1.29, 1.82) is 0 Å². The third kappa shape index (κ3) is 5.06. The average Bonchev–Trinajstić information content (AvgIpc) is 2.89. The number of carbonyl (C=O) groups is 2. The maximum Gasteiger partial charge on any atom is 0.343 e. The van der Waals surface area contributed by atoms with Crippen molar-refractivity contribution >= 4 is 28.9 Å². The van der Waals surface area contributed by atoms with E-state index in [2.05, 4.69) is 10.5 Å². The highest BCUT2D eigenvalue weighted by atomic mass is 16.5. The number of nitrogens with one attached hydrogen (secondary N) is 1. The SMILES string of the molecule is COc1ccc(C(=O)Oc2ccc3ccccc3c2C=NNC(=O)c2ccccc2O)cc1OC. The molecule has 0 saturated heterocycles. The molecule has 0 aliphatic rings. The van der Waals surface area contributed by atoms with Crippen LogP contribution in [0.25, 0.3) is 10.8 Å². The molecule has 4 rings (SSSR count). The fraction of sp³-hybridized carbons (Fsp3) is 0.0741. The third-order valence-corrected chi connectivity index (χ3v) is 5.26. The van der Waals surface area contributed by atoms with Gasteiger partial charge in [-0.05, 0) is 47.2 Å². The van der Waals surface area contributed by atoms with Crippen LogP contribution in [0.2, 0.25) is 0 Å². The lowest BCUT2D eigenvalue weighted by atomic mass is 10.0. The summed E-state index contributed by atoms with van der Waals surface area (Å²) in [5.41, 5.74) is 3.24. The molecule has 0 saturated carbocycles. The Morgan fingerprint density at radius 1 is 0.857 bits per heavy atom. The van der Waals surface area contributed by atoms with Crippen LogP contribution in [0.15, 0.2) is 84.0 Å². The smallest absolute Gasteiger partial charge is 0.343 e. The standard InChI is InChI=1S/C27H22N2O6/c1-33-24-14-12-18(15-25(24)34-2)27(32)35-23-13-11-17-7-3-4-8-19(17)21(23)16-28-29-26(31)20-9-5-6-10-22(20)30/h3-16,30H,1-2H3,(H,29,31). The summed E-state index contributed by atoms with van der Waals surface area (Å²) in [5, 5.41) is 15.6. The van der Waals surface area contributed by atoms with Gasteiger partial charge in [0.25, 0.3) is 5.91 Å². The van der Waals surface area contributed by atoms with Gasteiger partial charge < -0.3 is 19.3 Å². The first-order chi connectivity index (χ1) is 17.0. The first kappa shape index (κ1) is 23.3. The Labute approximate surface area is 201 Å². The number of phenolic OH excluding ortho intramolecular Hbond substituents is 1. The number of nitrogens with zero attached hydrogens (tertiary/aromatic N) is 1. The van der Waals surface area contributed by atoms with E-state index in [-0.39, 0.29) is 22.6 Å². The number of para-hydroxylation sites is 1. The summed E-state index contributed by atoms with van der Waals surface area (Å²) in [7, 11) is 2.99. The van der Waals surface area contributed by atoms with Gasteiger partial charge in [-0.3, -0.25) is 4.79 Å². The summed E-state index contributed by atoms with van der Waals surface area (Å²) < 4.78 is 16.2. The molecular weight excluding hydrogens is 448 g/mol. The largest absolute Gasteiger partial charge is 0.507 e. The normalized spacial score (nSPS) is 10.8. The van der Waals surface area contributed by atoms with Gasteiger partial charge in [-0.2, -0.15) is 5.10 Å². The van der Waals surface area contributed by atoms with E-state index in [0.717, 1.165) is 10.8 Å². The zero-order valence-electron chi connectivity index (χ0n) is 19.0. The molecule has 0 heterocycles. The Bertz CT molecular complexity index is 1430. The molecule has 8 heteroatoms. The Kier molecular flexibility index (Phi) is 6.92. The minimum atomic E-state index is -0.603. The van der Waals surface area contributed by atoms with Crippen LogP contribution in [0.3, 0.4) is 0 Å². The van der Waals surface area contributed by atoms with Crippen molar-refractivity contribution < 1.29 is 28.9 Å². The number of methoxy groups -OCH3 is 2. The molecule has 4 aromatic rings. The second-order valence-corrected chi connectivity index (χ2v) is 7.37. The van der Waals surface area contributed by atoms with Gasteiger partial charge in [-0.25, -0.2) is 10.2 Å². The summed E-state index contributed by atoms with van der Waals surface area (Å²) in [5.74, 6) is -0.201. The highest BCUT2D eigenvalue weighted by Gasteiger charge is 2.16. The summed E-state index contributed by atoms with van der Waals surface area (Å²) >= 11 is 0. The zero-order valence-corrected chi connectivity index (χ0v) is 19.0. The maximum atomic E-state index is 12.9. The van der Waals surface area contributed by atoms with Gasteiger partial charge in [0.15, 0.2) is 11.5 Å². The first-order valence-corrected chi connectivity index (χ1v) is 10.6. The van der Waals surface area contributed by atoms with E-state index >= 15 is 0 Å². The molecule has 0 aromatic heterocycles. The Morgan fingerprint density at radius 2 is 1.57 bits per heavy atom. The number of esters is 1. The van der Waals surface area contributed by atoms with E-state index in [1.807, 2.05) is 30.3 Å². The molecule has 1 amide bonds. The minimum absolute atomic E-state index is 0.0858. The fourth-order valence-electron chi connectivity index (χ4n) is 3.50. The van der Waals surface area contributed by atoms with Crippen molar-refractivity contribution in [1.82, 2.24) is 5.43 Å². The van der Waals surface area contributed by atoms with Crippen molar-refractivity contribution in [3.63, 3.8) is 0 Å². The van der Waals surface area contributed by atoms with Crippen molar-refractivity contribution in [2.75, 3.05) is 14.2 Å². The van der Waals surface area contributed by atoms with Crippen LogP contribution in [0.4, 0.5) is 0 Å². The number of fused-ring (bicyclic) bond motifs is 1. The molecule has 0 aliphatic heterocycles. The molecule has 0 radical (unpaired) electrons. The van der Waals surface area contributed by atoms with Gasteiger partial charge in [0.05, 0.1) is 31.6 Å². The molecule has 0 fully saturated rings. The van der Waals surface area contributed by atoms with E-state index in [1.165, 1.54) is 38.6 Å². The highest BCUT2D eigenvalue weighted by molar-refractivity contribution is 6.04. The first-order valence-electron chi connectivity index (χ1n) is 10.6. The van der Waals surface area contributed by atoms with Gasteiger partial charge in [0, 0.05) is 5.56 Å². The number of hydrogen-bond acceptors (Lipinski definition) is 7. The van der Waals surface area contributed by atoms with Crippen LogP contribution >= 0.6 is 0 Å². The molecule has 2 N–H and O–H groups in total. The molecule has 0 aliphatic carbocycles. The second kappa shape index (κ2) is 10.4. The summed E-state index contributed by atoms with van der Waals surface area (Å²) in [6, 6.07) is 21.8. The predicted octanol–water partition coefficient (Wildman–Crippen LogP) is 4.55. The van der Waals surface area contributed by atoms with Gasteiger partial charge >= 0.3 is 5.97 Å². The van der Waals surface area contributed by atoms with E-state index in [4.69, 9.17) is 14.2 Å². The summed E-state index contributed by atoms with van der Waals surface area (Å²) in [6.45, 7) is 0. The van der Waals surface area contributed by atoms with Crippen LogP contribution < -0.4 is 19.6 Å². The number of benzene rings is 4. The number of hydrazone groups is 1. The topological polar surface area (TPSA) is 106 Å². The molecule has 8 nitrogen and oxygen atoms in total. The molecule has 0 spiro atoms. The van der Waals surface area contributed by atoms with Crippen LogP contribution in [-0.2, 0) is 0 Å². The lowest BCUT2D eigenvalue weighted by Crippen LogP contribution is -2.18. The van der Waals surface area contributed by atoms with Crippen molar-refractivity contribution in [3.8, 4) is 23.0 Å². The van der Waals surface area contributed by atoms with Gasteiger partial charge in [-0.1, -0.05) is 42.5 Å². The summed E-state index contributed by atoms with van der Waals surface area (Å²) in [4.78, 5) is 25.3. The minimum Gasteiger partial charge on any atom is -0.507 e. The number of ether oxygens (including phenoxy) is 3. The van der Waals surface area contributed by atoms with E-state index in [0.29, 0.717) is 17.1 Å². The highest BCUT2D eigenvalue weighted by Crippen LogP contribution is 2.30. The van der Waals surface area contributed by atoms with Crippen LogP contribution in [0.5, 0.6) is 23.0 Å². The van der Waals surface area contributed by atoms with Gasteiger partial charge in [0.1, 0.15) is 11.5 Å². The number of rotatable bonds is 7. The third-order valence-electron chi connectivity index (χ3n) is 5.26. The van der Waals surface area contributed by atoms with E-state index < -0.39 is 11.9 Å². The molecule has 35 heavy (non-hydrogen) atoms. The zero-order chi connectivity index (χ0) is 24.8. The van der Waals surface area contributed by atoms with E-state index in [1.54, 1.807) is 30.3 Å².